The first-order chi connectivity index (χ1) is 17.4. The van der Waals surface area contributed by atoms with Gasteiger partial charge in [-0.1, -0.05) is 37.1 Å². The lowest BCUT2D eigenvalue weighted by Gasteiger charge is -2.19. The lowest BCUT2D eigenvalue weighted by Crippen LogP contribution is -2.31. The Bertz CT molecular complexity index is 1220. The van der Waals surface area contributed by atoms with E-state index in [-0.39, 0.29) is 11.1 Å². The molecule has 2 amide bonds. The summed E-state index contributed by atoms with van der Waals surface area (Å²) in [6, 6.07) is 20.4. The van der Waals surface area contributed by atoms with Crippen molar-refractivity contribution in [3.05, 3.63) is 82.9 Å². The standard InChI is InChI=1S/C28H28ClNO5S/c1-3-5-19-18-24(35-23-12-8-21(29)9-13-23)14-15-25(19)34-17-4-16-33-22-10-6-20(7-11-22)28(2)26(31)30-27(32)36-28/h6-15,18H,3-5,16-17H2,1-2H3,(H,30,31,32). The molecule has 0 aromatic heterocycles. The largest absolute Gasteiger partial charge is 0.493 e. The number of imide groups is 1. The number of hydrogen-bond acceptors (Lipinski definition) is 6. The fourth-order valence-electron chi connectivity index (χ4n) is 3.82. The number of benzene rings is 3. The first-order valence-electron chi connectivity index (χ1n) is 11.8. The van der Waals surface area contributed by atoms with E-state index in [0.717, 1.165) is 53.0 Å². The third kappa shape index (κ3) is 6.33. The number of nitrogens with one attached hydrogen (secondary N) is 1. The molecule has 1 heterocycles. The number of rotatable bonds is 11. The molecular weight excluding hydrogens is 498 g/mol. The second-order valence-corrected chi connectivity index (χ2v) is 10.4. The summed E-state index contributed by atoms with van der Waals surface area (Å²) in [4.78, 5) is 23.7. The number of carbonyl (C=O) groups excluding carboxylic acids is 2. The average Bonchev–Trinajstić information content (AvgIpc) is 3.14. The second kappa shape index (κ2) is 11.7. The highest BCUT2D eigenvalue weighted by molar-refractivity contribution is 8.15. The Morgan fingerprint density at radius 1 is 0.889 bits per heavy atom. The highest BCUT2D eigenvalue weighted by atomic mass is 35.5. The summed E-state index contributed by atoms with van der Waals surface area (Å²) in [7, 11) is 0. The van der Waals surface area contributed by atoms with Crippen molar-refractivity contribution in [2.75, 3.05) is 13.2 Å². The Morgan fingerprint density at radius 2 is 1.56 bits per heavy atom. The molecule has 0 radical (unpaired) electrons. The van der Waals surface area contributed by atoms with Crippen molar-refractivity contribution in [2.45, 2.75) is 37.9 Å². The minimum Gasteiger partial charge on any atom is -0.493 e. The minimum absolute atomic E-state index is 0.296. The molecule has 188 valence electrons. The first kappa shape index (κ1) is 25.9. The maximum absolute atomic E-state index is 12.1. The van der Waals surface area contributed by atoms with Crippen molar-refractivity contribution in [3.63, 3.8) is 0 Å². The number of aryl methyl sites for hydroxylation is 1. The van der Waals surface area contributed by atoms with E-state index in [0.29, 0.717) is 30.4 Å². The molecule has 1 atom stereocenters. The van der Waals surface area contributed by atoms with Gasteiger partial charge in [-0.2, -0.15) is 0 Å². The van der Waals surface area contributed by atoms with Crippen LogP contribution in [-0.4, -0.2) is 24.4 Å². The molecule has 0 saturated carbocycles. The summed E-state index contributed by atoms with van der Waals surface area (Å²) < 4.78 is 16.9. The molecule has 1 N–H and O–H groups in total. The van der Waals surface area contributed by atoms with E-state index >= 15 is 0 Å². The molecule has 6 nitrogen and oxygen atoms in total. The van der Waals surface area contributed by atoms with Crippen LogP contribution in [0.3, 0.4) is 0 Å². The topological polar surface area (TPSA) is 73.9 Å². The van der Waals surface area contributed by atoms with Crippen LogP contribution in [-0.2, 0) is 16.0 Å². The number of halogens is 1. The van der Waals surface area contributed by atoms with Crippen molar-refractivity contribution < 1.29 is 23.8 Å². The average molecular weight is 526 g/mol. The van der Waals surface area contributed by atoms with Gasteiger partial charge in [-0.15, -0.1) is 0 Å². The second-order valence-electron chi connectivity index (χ2n) is 8.53. The number of hydrogen-bond donors (Lipinski definition) is 1. The zero-order chi connectivity index (χ0) is 25.5. The third-order valence-electron chi connectivity index (χ3n) is 5.77. The quantitative estimate of drug-likeness (QED) is 0.268. The molecule has 1 unspecified atom stereocenters. The molecule has 0 bridgehead atoms. The molecule has 0 spiro atoms. The van der Waals surface area contributed by atoms with E-state index < -0.39 is 4.75 Å². The van der Waals surface area contributed by atoms with Crippen LogP contribution in [0.25, 0.3) is 0 Å². The number of ether oxygens (including phenoxy) is 3. The Labute approximate surface area is 220 Å². The minimum atomic E-state index is -0.908. The summed E-state index contributed by atoms with van der Waals surface area (Å²) in [5.41, 5.74) is 1.86. The Balaban J connectivity index is 1.26. The van der Waals surface area contributed by atoms with Gasteiger partial charge < -0.3 is 14.2 Å². The lowest BCUT2D eigenvalue weighted by molar-refractivity contribution is -0.121. The zero-order valence-corrected chi connectivity index (χ0v) is 21.8. The van der Waals surface area contributed by atoms with Crippen LogP contribution in [0.15, 0.2) is 66.7 Å². The van der Waals surface area contributed by atoms with Crippen molar-refractivity contribution in [1.82, 2.24) is 5.32 Å². The van der Waals surface area contributed by atoms with E-state index in [4.69, 9.17) is 25.8 Å². The Hall–Kier alpha value is -3.16. The normalized spacial score (nSPS) is 17.1. The van der Waals surface area contributed by atoms with Crippen LogP contribution in [0.4, 0.5) is 4.79 Å². The van der Waals surface area contributed by atoms with Gasteiger partial charge in [0.15, 0.2) is 0 Å². The maximum atomic E-state index is 12.1. The number of amides is 2. The predicted molar refractivity (Wildman–Crippen MR) is 142 cm³/mol. The van der Waals surface area contributed by atoms with Gasteiger partial charge in [0.1, 0.15) is 27.7 Å². The van der Waals surface area contributed by atoms with Crippen LogP contribution < -0.4 is 19.5 Å². The fourth-order valence-corrected chi connectivity index (χ4v) is 4.86. The third-order valence-corrected chi connectivity index (χ3v) is 7.14. The van der Waals surface area contributed by atoms with Gasteiger partial charge in [-0.25, -0.2) is 0 Å². The van der Waals surface area contributed by atoms with E-state index in [1.807, 2.05) is 54.6 Å². The van der Waals surface area contributed by atoms with Gasteiger partial charge in [0.05, 0.1) is 13.2 Å². The molecule has 4 rings (SSSR count). The molecule has 36 heavy (non-hydrogen) atoms. The van der Waals surface area contributed by atoms with Gasteiger partial charge in [-0.3, -0.25) is 14.9 Å². The number of thioether (sulfide) groups is 1. The van der Waals surface area contributed by atoms with Crippen LogP contribution in [0.1, 0.15) is 37.8 Å². The smallest absolute Gasteiger partial charge is 0.287 e. The predicted octanol–water partition coefficient (Wildman–Crippen LogP) is 7.13. The van der Waals surface area contributed by atoms with Crippen LogP contribution in [0.2, 0.25) is 5.02 Å². The van der Waals surface area contributed by atoms with Gasteiger partial charge in [0, 0.05) is 11.4 Å². The fraction of sp³-hybridized carbons (Fsp3) is 0.286. The van der Waals surface area contributed by atoms with E-state index in [9.17, 15) is 9.59 Å². The summed E-state index contributed by atoms with van der Waals surface area (Å²) in [6.07, 6.45) is 2.59. The van der Waals surface area contributed by atoms with Crippen LogP contribution in [0.5, 0.6) is 23.0 Å². The summed E-state index contributed by atoms with van der Waals surface area (Å²) in [5, 5.41) is 2.68. The van der Waals surface area contributed by atoms with Crippen molar-refractivity contribution in [2.24, 2.45) is 0 Å². The zero-order valence-electron chi connectivity index (χ0n) is 20.2. The molecule has 3 aromatic rings. The van der Waals surface area contributed by atoms with Crippen LogP contribution in [0, 0.1) is 0 Å². The molecule has 1 aliphatic heterocycles. The maximum Gasteiger partial charge on any atom is 0.287 e. The van der Waals surface area contributed by atoms with Crippen LogP contribution >= 0.6 is 23.4 Å². The molecule has 8 heteroatoms. The van der Waals surface area contributed by atoms with Crippen molar-refractivity contribution >= 4 is 34.5 Å². The van der Waals surface area contributed by atoms with E-state index in [1.165, 1.54) is 0 Å². The summed E-state index contributed by atoms with van der Waals surface area (Å²) >= 11 is 6.94. The van der Waals surface area contributed by atoms with E-state index in [2.05, 4.69) is 12.2 Å². The highest BCUT2D eigenvalue weighted by Gasteiger charge is 2.45. The molecule has 1 saturated heterocycles. The summed E-state index contributed by atoms with van der Waals surface area (Å²) in [6.45, 7) is 4.88. The molecule has 1 fully saturated rings. The highest BCUT2D eigenvalue weighted by Crippen LogP contribution is 2.41. The SMILES string of the molecule is CCCc1cc(Oc2ccc(Cl)cc2)ccc1OCCCOc1ccc(C2(C)SC(=O)NC2=O)cc1. The lowest BCUT2D eigenvalue weighted by atomic mass is 9.99. The van der Waals surface area contributed by atoms with Gasteiger partial charge in [0.2, 0.25) is 5.91 Å². The molecular formula is C28H28ClNO5S. The van der Waals surface area contributed by atoms with Crippen molar-refractivity contribution in [3.8, 4) is 23.0 Å². The summed E-state index contributed by atoms with van der Waals surface area (Å²) in [5.74, 6) is 2.74. The first-order valence-corrected chi connectivity index (χ1v) is 13.0. The Kier molecular flexibility index (Phi) is 8.44. The van der Waals surface area contributed by atoms with Crippen molar-refractivity contribution in [1.29, 1.82) is 0 Å². The molecule has 3 aromatic carbocycles. The molecule has 0 aliphatic carbocycles. The monoisotopic (exact) mass is 525 g/mol. The van der Waals surface area contributed by atoms with Gasteiger partial charge >= 0.3 is 0 Å². The number of carbonyl (C=O) groups is 2. The molecule has 1 aliphatic rings. The van der Waals surface area contributed by atoms with Gasteiger partial charge in [0.25, 0.3) is 5.24 Å². The Morgan fingerprint density at radius 3 is 2.22 bits per heavy atom. The van der Waals surface area contributed by atoms with Gasteiger partial charge in [-0.05, 0) is 90.8 Å². The van der Waals surface area contributed by atoms with E-state index in [1.54, 1.807) is 19.1 Å².